The van der Waals surface area contributed by atoms with Crippen molar-refractivity contribution >= 4 is 30.7 Å². The average molecular weight is 404 g/mol. The Morgan fingerprint density at radius 2 is 1.96 bits per heavy atom. The van der Waals surface area contributed by atoms with Crippen molar-refractivity contribution in [3.8, 4) is 22.8 Å². The lowest BCUT2D eigenvalue weighted by Crippen LogP contribution is -2.22. The van der Waals surface area contributed by atoms with Gasteiger partial charge in [0, 0.05) is 31.8 Å². The molecule has 0 aliphatic carbocycles. The van der Waals surface area contributed by atoms with Gasteiger partial charge >= 0.3 is 0 Å². The second kappa shape index (κ2) is 7.14. The largest absolute Gasteiger partial charge is 0.454 e. The van der Waals surface area contributed by atoms with Gasteiger partial charge in [-0.15, -0.1) is 0 Å². The highest BCUT2D eigenvalue weighted by Crippen LogP contribution is 2.37. The van der Waals surface area contributed by atoms with Crippen molar-refractivity contribution in [3.63, 3.8) is 0 Å². The third-order valence-electron chi connectivity index (χ3n) is 4.46. The summed E-state index contributed by atoms with van der Waals surface area (Å²) in [5.74, 6) is 1.45. The number of rotatable bonds is 6. The minimum Gasteiger partial charge on any atom is -0.454 e. The minimum absolute atomic E-state index is 0.206. The lowest BCUT2D eigenvalue weighted by molar-refractivity contribution is 0.0899. The second-order valence-corrected chi connectivity index (χ2v) is 13.7. The van der Waals surface area contributed by atoms with Crippen LogP contribution in [0.25, 0.3) is 22.3 Å². The number of halogens is 1. The maximum atomic E-state index is 6.21. The summed E-state index contributed by atoms with van der Waals surface area (Å²) in [6, 6.07) is 8.88. The smallest absolute Gasteiger partial charge is 0.231 e. The van der Waals surface area contributed by atoms with Crippen molar-refractivity contribution in [1.29, 1.82) is 0 Å². The van der Waals surface area contributed by atoms with Crippen LogP contribution >= 0.6 is 11.6 Å². The Kier molecular flexibility index (Phi) is 4.84. The lowest BCUT2D eigenvalue weighted by Gasteiger charge is -2.15. The van der Waals surface area contributed by atoms with E-state index >= 15 is 0 Å². The highest BCUT2D eigenvalue weighted by atomic mass is 35.5. The minimum atomic E-state index is -1.11. The fourth-order valence-corrected chi connectivity index (χ4v) is 3.87. The zero-order chi connectivity index (χ0) is 19.0. The van der Waals surface area contributed by atoms with Crippen LogP contribution in [0.3, 0.4) is 0 Å². The van der Waals surface area contributed by atoms with Gasteiger partial charge in [-0.25, -0.2) is 4.98 Å². The molecular weight excluding hydrogens is 382 g/mol. The van der Waals surface area contributed by atoms with E-state index in [4.69, 9.17) is 25.8 Å². The Hall–Kier alpha value is -2.09. The van der Waals surface area contributed by atoms with E-state index in [1.54, 1.807) is 0 Å². The van der Waals surface area contributed by atoms with E-state index in [1.807, 2.05) is 35.0 Å². The molecule has 1 aliphatic rings. The van der Waals surface area contributed by atoms with Gasteiger partial charge in [-0.3, -0.25) is 0 Å². The SMILES string of the molecule is C[Si](C)(C)CCOCn1ccc2c(-c3ccc4c(c3)OCO4)nc(Cl)nc21. The van der Waals surface area contributed by atoms with Crippen molar-refractivity contribution in [2.45, 2.75) is 32.4 Å². The number of fused-ring (bicyclic) bond motifs is 2. The fraction of sp³-hybridized carbons (Fsp3) is 0.368. The summed E-state index contributed by atoms with van der Waals surface area (Å²) in [5, 5.41) is 1.13. The number of hydrogen-bond donors (Lipinski definition) is 0. The molecule has 0 unspecified atom stereocenters. The highest BCUT2D eigenvalue weighted by Gasteiger charge is 2.18. The van der Waals surface area contributed by atoms with Gasteiger partial charge in [0.1, 0.15) is 12.4 Å². The van der Waals surface area contributed by atoms with Crippen LogP contribution in [0, 0.1) is 0 Å². The van der Waals surface area contributed by atoms with Gasteiger partial charge in [-0.05, 0) is 41.9 Å². The lowest BCUT2D eigenvalue weighted by atomic mass is 10.1. The van der Waals surface area contributed by atoms with Gasteiger partial charge in [0.25, 0.3) is 0 Å². The van der Waals surface area contributed by atoms with E-state index in [1.165, 1.54) is 0 Å². The van der Waals surface area contributed by atoms with Crippen molar-refractivity contribution in [1.82, 2.24) is 14.5 Å². The Balaban J connectivity index is 1.62. The molecule has 0 saturated heterocycles. The van der Waals surface area contributed by atoms with Crippen LogP contribution in [0.15, 0.2) is 30.5 Å². The van der Waals surface area contributed by atoms with Gasteiger partial charge in [0.15, 0.2) is 11.5 Å². The quantitative estimate of drug-likeness (QED) is 0.336. The van der Waals surface area contributed by atoms with Crippen LogP contribution < -0.4 is 9.47 Å². The summed E-state index contributed by atoms with van der Waals surface area (Å²) >= 11 is 6.21. The third-order valence-corrected chi connectivity index (χ3v) is 6.34. The monoisotopic (exact) mass is 403 g/mol. The van der Waals surface area contributed by atoms with Crippen LogP contribution in [0.4, 0.5) is 0 Å². The maximum Gasteiger partial charge on any atom is 0.231 e. The molecular formula is C19H22ClN3O3Si. The number of aromatic nitrogens is 3. The first-order valence-corrected chi connectivity index (χ1v) is 13.0. The second-order valence-electron chi connectivity index (χ2n) is 7.78. The van der Waals surface area contributed by atoms with Crippen LogP contribution in [-0.2, 0) is 11.5 Å². The summed E-state index contributed by atoms with van der Waals surface area (Å²) < 4.78 is 18.7. The molecule has 3 aromatic rings. The molecule has 0 N–H and O–H groups in total. The summed E-state index contributed by atoms with van der Waals surface area (Å²) in [6.07, 6.45) is 1.96. The molecule has 0 fully saturated rings. The average Bonchev–Trinajstić information content (AvgIpc) is 3.23. The molecule has 27 heavy (non-hydrogen) atoms. The standard InChI is InChI=1S/C19H22ClN3O3Si/c1-27(2,3)9-8-24-11-23-7-6-14-17(21-19(20)22-18(14)23)13-4-5-15-16(10-13)26-12-25-15/h4-7,10H,8-9,11-12H2,1-3H3. The highest BCUT2D eigenvalue weighted by molar-refractivity contribution is 6.76. The van der Waals surface area contributed by atoms with E-state index in [0.29, 0.717) is 12.5 Å². The molecule has 0 saturated carbocycles. The Labute approximate surface area is 164 Å². The summed E-state index contributed by atoms with van der Waals surface area (Å²) in [7, 11) is -1.11. The van der Waals surface area contributed by atoms with Crippen LogP contribution in [0.5, 0.6) is 11.5 Å². The number of hydrogen-bond acceptors (Lipinski definition) is 5. The zero-order valence-electron chi connectivity index (χ0n) is 15.7. The first-order chi connectivity index (χ1) is 12.9. The molecule has 1 aromatic carbocycles. The van der Waals surface area contributed by atoms with Crippen molar-refractivity contribution in [2.24, 2.45) is 0 Å². The third kappa shape index (κ3) is 3.95. The van der Waals surface area contributed by atoms with Crippen LogP contribution in [0.2, 0.25) is 31.0 Å². The van der Waals surface area contributed by atoms with Crippen LogP contribution in [0.1, 0.15) is 0 Å². The number of nitrogens with zero attached hydrogens (tertiary/aromatic N) is 3. The molecule has 4 rings (SSSR count). The zero-order valence-corrected chi connectivity index (χ0v) is 17.4. The Morgan fingerprint density at radius 3 is 2.78 bits per heavy atom. The molecule has 8 heteroatoms. The summed E-state index contributed by atoms with van der Waals surface area (Å²) in [4.78, 5) is 8.86. The first kappa shape index (κ1) is 18.3. The van der Waals surface area contributed by atoms with Crippen molar-refractivity contribution in [3.05, 3.63) is 35.7 Å². The molecule has 6 nitrogen and oxygen atoms in total. The summed E-state index contributed by atoms with van der Waals surface area (Å²) in [5.41, 5.74) is 2.44. The van der Waals surface area contributed by atoms with Gasteiger partial charge in [0.2, 0.25) is 12.1 Å². The molecule has 0 radical (unpaired) electrons. The van der Waals surface area contributed by atoms with Gasteiger partial charge in [-0.2, -0.15) is 4.98 Å². The molecule has 2 aromatic heterocycles. The molecule has 0 atom stereocenters. The molecule has 142 valence electrons. The van der Waals surface area contributed by atoms with Crippen LogP contribution in [-0.4, -0.2) is 36.0 Å². The van der Waals surface area contributed by atoms with Gasteiger partial charge in [0.05, 0.1) is 5.69 Å². The number of ether oxygens (including phenoxy) is 3. The van der Waals surface area contributed by atoms with Crippen molar-refractivity contribution < 1.29 is 14.2 Å². The molecule has 3 heterocycles. The Morgan fingerprint density at radius 1 is 1.15 bits per heavy atom. The number of benzene rings is 1. The van der Waals surface area contributed by atoms with E-state index < -0.39 is 8.07 Å². The molecule has 0 amide bonds. The summed E-state index contributed by atoms with van der Waals surface area (Å²) in [6.45, 7) is 8.46. The fourth-order valence-electron chi connectivity index (χ4n) is 2.95. The first-order valence-electron chi connectivity index (χ1n) is 8.91. The topological polar surface area (TPSA) is 58.4 Å². The van der Waals surface area contributed by atoms with Crippen molar-refractivity contribution in [2.75, 3.05) is 13.4 Å². The normalized spacial score (nSPS) is 13.5. The van der Waals surface area contributed by atoms with E-state index in [9.17, 15) is 0 Å². The predicted octanol–water partition coefficient (Wildman–Crippen LogP) is 4.79. The molecule has 0 spiro atoms. The van der Waals surface area contributed by atoms with Gasteiger partial charge in [-0.1, -0.05) is 19.6 Å². The molecule has 1 aliphatic heterocycles. The van der Waals surface area contributed by atoms with E-state index in [0.717, 1.165) is 40.7 Å². The molecule has 0 bridgehead atoms. The maximum absolute atomic E-state index is 6.21. The van der Waals surface area contributed by atoms with Gasteiger partial charge < -0.3 is 18.8 Å². The van der Waals surface area contributed by atoms with E-state index in [2.05, 4.69) is 29.6 Å². The van der Waals surface area contributed by atoms with E-state index in [-0.39, 0.29) is 12.1 Å². The predicted molar refractivity (Wildman–Crippen MR) is 108 cm³/mol. The Bertz CT molecular complexity index is 984.